The van der Waals surface area contributed by atoms with Crippen molar-refractivity contribution < 1.29 is 9.48 Å². The summed E-state index contributed by atoms with van der Waals surface area (Å²) in [5, 5.41) is 5.34. The molecule has 150 valence electrons. The summed E-state index contributed by atoms with van der Waals surface area (Å²) >= 11 is 1.53. The summed E-state index contributed by atoms with van der Waals surface area (Å²) in [7, 11) is 1.93. The number of thioether (sulfide) groups is 1. The van der Waals surface area contributed by atoms with Crippen molar-refractivity contribution in [3.05, 3.63) is 58.6 Å². The number of amides is 1. The van der Waals surface area contributed by atoms with Crippen LogP contribution in [0.2, 0.25) is 0 Å². The van der Waals surface area contributed by atoms with E-state index in [2.05, 4.69) is 11.9 Å². The van der Waals surface area contributed by atoms with Crippen molar-refractivity contribution in [3.63, 3.8) is 0 Å². The summed E-state index contributed by atoms with van der Waals surface area (Å²) in [6, 6.07) is 11.4. The Bertz CT molecular complexity index is 1120. The maximum Gasteiger partial charge on any atom is 0.325 e. The molecule has 29 heavy (non-hydrogen) atoms. The summed E-state index contributed by atoms with van der Waals surface area (Å²) in [5.41, 5.74) is 2.55. The van der Waals surface area contributed by atoms with Gasteiger partial charge >= 0.3 is 17.4 Å². The quantitative estimate of drug-likeness (QED) is 0.399. The molecule has 0 radical (unpaired) electrons. The highest BCUT2D eigenvalue weighted by atomic mass is 32.2. The number of hydrogen-bond acceptors (Lipinski definition) is 4. The maximum absolute atomic E-state index is 13.1. The van der Waals surface area contributed by atoms with Crippen LogP contribution in [0.5, 0.6) is 0 Å². The Morgan fingerprint density at radius 2 is 2.07 bits per heavy atom. The lowest BCUT2D eigenvalue weighted by molar-refractivity contribution is -0.763. The highest BCUT2D eigenvalue weighted by Gasteiger charge is 2.45. The number of para-hydroxylation sites is 1. The number of carbonyl (C=O) groups is 1. The maximum atomic E-state index is 13.1. The Kier molecular flexibility index (Phi) is 5.27. The number of anilines is 1. The van der Waals surface area contributed by atoms with Gasteiger partial charge in [0.2, 0.25) is 11.1 Å². The molecule has 1 aromatic carbocycles. The molecular formula is C21H24N5O2S+. The number of nitrogens with one attached hydrogen (secondary N) is 1. The van der Waals surface area contributed by atoms with Gasteiger partial charge < -0.3 is 4.57 Å². The van der Waals surface area contributed by atoms with Gasteiger partial charge in [0.05, 0.1) is 11.3 Å². The summed E-state index contributed by atoms with van der Waals surface area (Å²) in [5.74, 6) is 0.768. The van der Waals surface area contributed by atoms with Crippen LogP contribution in [0.15, 0.2) is 52.5 Å². The molecule has 0 unspecified atom stereocenters. The molecule has 0 bridgehead atoms. The average molecular weight is 411 g/mol. The van der Waals surface area contributed by atoms with Crippen LogP contribution in [0, 0.1) is 0 Å². The molecule has 1 atom stereocenters. The first kappa shape index (κ1) is 19.4. The number of aromatic nitrogens is 4. The van der Waals surface area contributed by atoms with Gasteiger partial charge in [0, 0.05) is 31.0 Å². The van der Waals surface area contributed by atoms with Gasteiger partial charge in [-0.1, -0.05) is 37.2 Å². The van der Waals surface area contributed by atoms with E-state index in [4.69, 9.17) is 5.10 Å². The van der Waals surface area contributed by atoms with Crippen molar-refractivity contribution >= 4 is 23.4 Å². The molecule has 1 aliphatic rings. The fraction of sp³-hybridized carbons (Fsp3) is 0.333. The molecule has 3 heterocycles. The summed E-state index contributed by atoms with van der Waals surface area (Å²) < 4.78 is 3.66. The van der Waals surface area contributed by atoms with Crippen molar-refractivity contribution in [2.45, 2.75) is 38.0 Å². The minimum absolute atomic E-state index is 0.107. The average Bonchev–Trinajstić information content (AvgIpc) is 3.12. The lowest BCUT2D eigenvalue weighted by Gasteiger charge is -2.31. The van der Waals surface area contributed by atoms with E-state index < -0.39 is 6.17 Å². The van der Waals surface area contributed by atoms with Crippen LogP contribution in [-0.2, 0) is 11.8 Å². The molecule has 1 aliphatic heterocycles. The van der Waals surface area contributed by atoms with E-state index in [1.807, 2.05) is 54.2 Å². The monoisotopic (exact) mass is 410 g/mol. The molecular weight excluding hydrogens is 386 g/mol. The lowest BCUT2D eigenvalue weighted by Crippen LogP contribution is -2.61. The second-order valence-corrected chi connectivity index (χ2v) is 8.16. The Morgan fingerprint density at radius 3 is 2.76 bits per heavy atom. The first-order valence-electron chi connectivity index (χ1n) is 9.72. The van der Waals surface area contributed by atoms with Crippen molar-refractivity contribution in [1.29, 1.82) is 0 Å². The Morgan fingerprint density at radius 1 is 1.28 bits per heavy atom. The summed E-state index contributed by atoms with van der Waals surface area (Å²) in [4.78, 5) is 30.5. The van der Waals surface area contributed by atoms with Crippen LogP contribution in [0.3, 0.4) is 0 Å². The van der Waals surface area contributed by atoms with E-state index >= 15 is 0 Å². The van der Waals surface area contributed by atoms with Crippen LogP contribution >= 0.6 is 11.8 Å². The molecule has 1 amide bonds. The zero-order chi connectivity index (χ0) is 20.5. The smallest absolute Gasteiger partial charge is 0.325 e. The van der Waals surface area contributed by atoms with E-state index in [0.717, 1.165) is 24.3 Å². The van der Waals surface area contributed by atoms with Gasteiger partial charge in [0.15, 0.2) is 0 Å². The van der Waals surface area contributed by atoms with E-state index in [9.17, 15) is 9.59 Å². The standard InChI is InChI=1S/C21H23N5O2S/c1-4-5-13-29-21-22-19(28)18-15-9-6-7-10-16(15)25(14(2)27)20(26(18)23-21)17-11-8-12-24(17)3/h6-12,20H,4-5,13H2,1-3H3/p+1/t20-/m0/s1. The van der Waals surface area contributed by atoms with Crippen molar-refractivity contribution in [3.8, 4) is 11.3 Å². The second-order valence-electron chi connectivity index (χ2n) is 7.08. The van der Waals surface area contributed by atoms with Crippen LogP contribution in [0.4, 0.5) is 5.69 Å². The molecule has 8 heteroatoms. The normalized spacial score (nSPS) is 15.1. The van der Waals surface area contributed by atoms with E-state index in [-0.39, 0.29) is 11.5 Å². The SMILES string of the molecule is CCCCSc1n[n+]2c(c(=O)[nH]1)-c1ccccc1N(C(C)=O)[C@@H]2c1cccn1C. The van der Waals surface area contributed by atoms with Crippen LogP contribution in [-0.4, -0.2) is 26.3 Å². The van der Waals surface area contributed by atoms with Crippen molar-refractivity contribution in [2.75, 3.05) is 10.7 Å². The summed E-state index contributed by atoms with van der Waals surface area (Å²) in [6.07, 6.45) is 3.51. The molecule has 3 aromatic rings. The van der Waals surface area contributed by atoms with Crippen molar-refractivity contribution in [1.82, 2.24) is 14.6 Å². The minimum Gasteiger partial charge on any atom is -0.347 e. The number of fused-ring (bicyclic) bond motifs is 3. The third-order valence-corrected chi connectivity index (χ3v) is 6.03. The van der Waals surface area contributed by atoms with Gasteiger partial charge in [-0.15, -0.1) is 0 Å². The van der Waals surface area contributed by atoms with Gasteiger partial charge in [0.25, 0.3) is 0 Å². The number of rotatable bonds is 5. The first-order chi connectivity index (χ1) is 14.0. The number of hydrogen-bond donors (Lipinski definition) is 1. The fourth-order valence-electron chi connectivity index (χ4n) is 3.70. The van der Waals surface area contributed by atoms with Crippen molar-refractivity contribution in [2.24, 2.45) is 7.05 Å². The second kappa shape index (κ2) is 7.87. The predicted octanol–water partition coefficient (Wildman–Crippen LogP) is 2.87. The molecule has 0 saturated heterocycles. The van der Waals surface area contributed by atoms with E-state index in [0.29, 0.717) is 22.1 Å². The number of carbonyl (C=O) groups excluding carboxylic acids is 1. The van der Waals surface area contributed by atoms with Gasteiger partial charge in [0.1, 0.15) is 5.69 Å². The fourth-order valence-corrected chi connectivity index (χ4v) is 4.64. The number of aryl methyl sites for hydroxylation is 1. The Hall–Kier alpha value is -2.87. The molecule has 4 rings (SSSR count). The molecule has 0 fully saturated rings. The number of unbranched alkanes of at least 4 members (excludes halogenated alkanes) is 1. The highest BCUT2D eigenvalue weighted by molar-refractivity contribution is 7.99. The largest absolute Gasteiger partial charge is 0.347 e. The van der Waals surface area contributed by atoms with Crippen LogP contribution < -0.4 is 15.1 Å². The molecule has 2 aromatic heterocycles. The first-order valence-corrected chi connectivity index (χ1v) is 10.7. The Balaban J connectivity index is 1.98. The number of H-pyrrole nitrogens is 1. The van der Waals surface area contributed by atoms with Crippen LogP contribution in [0.25, 0.3) is 11.3 Å². The van der Waals surface area contributed by atoms with Crippen LogP contribution in [0.1, 0.15) is 38.5 Å². The third kappa shape index (κ3) is 3.37. The van der Waals surface area contributed by atoms with Gasteiger partial charge in [-0.25, -0.2) is 4.90 Å². The molecule has 0 aliphatic carbocycles. The third-order valence-electron chi connectivity index (χ3n) is 5.08. The van der Waals surface area contributed by atoms with E-state index in [1.165, 1.54) is 11.8 Å². The summed E-state index contributed by atoms with van der Waals surface area (Å²) in [6.45, 7) is 3.67. The molecule has 0 saturated carbocycles. The van der Waals surface area contributed by atoms with E-state index in [1.54, 1.807) is 16.5 Å². The molecule has 0 spiro atoms. The predicted molar refractivity (Wildman–Crippen MR) is 113 cm³/mol. The zero-order valence-electron chi connectivity index (χ0n) is 16.8. The highest BCUT2D eigenvalue weighted by Crippen LogP contribution is 2.37. The van der Waals surface area contributed by atoms with Gasteiger partial charge in [-0.05, 0) is 35.4 Å². The minimum atomic E-state index is -0.537. The lowest BCUT2D eigenvalue weighted by atomic mass is 10.0. The topological polar surface area (TPSA) is 74.9 Å². The number of aromatic amines is 1. The van der Waals surface area contributed by atoms with Gasteiger partial charge in [-0.2, -0.15) is 0 Å². The number of nitrogens with zero attached hydrogens (tertiary/aromatic N) is 4. The number of benzene rings is 1. The van der Waals surface area contributed by atoms with Gasteiger partial charge in [-0.3, -0.25) is 14.6 Å². The molecule has 7 nitrogen and oxygen atoms in total. The molecule has 1 N–H and O–H groups in total. The Labute approximate surface area is 173 Å². The zero-order valence-corrected chi connectivity index (χ0v) is 17.6.